The Balaban J connectivity index is 2.01. The second-order valence-electron chi connectivity index (χ2n) is 6.81. The molecule has 0 spiro atoms. The van der Waals surface area contributed by atoms with Gasteiger partial charge < -0.3 is 15.0 Å². The molecule has 21 heavy (non-hydrogen) atoms. The molecule has 1 aromatic heterocycles. The molecule has 2 rings (SSSR count). The maximum atomic E-state index is 5.96. The molecule has 4 nitrogen and oxygen atoms in total. The molecule has 1 saturated carbocycles. The van der Waals surface area contributed by atoms with Crippen molar-refractivity contribution in [1.29, 1.82) is 0 Å². The topological polar surface area (TPSA) is 37.4 Å². The van der Waals surface area contributed by atoms with Crippen molar-refractivity contribution in [3.63, 3.8) is 0 Å². The Bertz CT molecular complexity index is 467. The minimum Gasteiger partial charge on any atom is -0.476 e. The van der Waals surface area contributed by atoms with Gasteiger partial charge in [0.25, 0.3) is 0 Å². The van der Waals surface area contributed by atoms with Crippen LogP contribution >= 0.6 is 0 Å². The van der Waals surface area contributed by atoms with E-state index in [4.69, 9.17) is 4.74 Å². The van der Waals surface area contributed by atoms with Crippen molar-refractivity contribution >= 4 is 0 Å². The number of hydrogen-bond acceptors (Lipinski definition) is 4. The summed E-state index contributed by atoms with van der Waals surface area (Å²) in [4.78, 5) is 6.76. The second-order valence-corrected chi connectivity index (χ2v) is 6.81. The van der Waals surface area contributed by atoms with Crippen LogP contribution in [-0.4, -0.2) is 42.2 Å². The van der Waals surface area contributed by atoms with E-state index in [-0.39, 0.29) is 5.54 Å². The molecule has 1 aromatic rings. The van der Waals surface area contributed by atoms with Crippen LogP contribution in [-0.2, 0) is 13.0 Å². The molecule has 1 heterocycles. The predicted molar refractivity (Wildman–Crippen MR) is 86.7 cm³/mol. The minimum atomic E-state index is -0.00365. The molecule has 0 aromatic carbocycles. The first-order chi connectivity index (χ1) is 9.90. The minimum absolute atomic E-state index is 0.00365. The Morgan fingerprint density at radius 1 is 1.33 bits per heavy atom. The van der Waals surface area contributed by atoms with Gasteiger partial charge in [0, 0.05) is 29.9 Å². The van der Waals surface area contributed by atoms with Crippen LogP contribution in [0.15, 0.2) is 12.1 Å². The number of pyridine rings is 1. The molecular weight excluding hydrogens is 262 g/mol. The largest absolute Gasteiger partial charge is 0.476 e. The van der Waals surface area contributed by atoms with Gasteiger partial charge in [0.2, 0.25) is 5.88 Å². The summed E-state index contributed by atoms with van der Waals surface area (Å²) in [6.45, 7) is 8.02. The maximum Gasteiger partial charge on any atom is 0.213 e. The molecule has 1 aliphatic carbocycles. The lowest BCUT2D eigenvalue weighted by molar-refractivity contribution is 0.111. The highest BCUT2D eigenvalue weighted by Crippen LogP contribution is 2.21. The normalized spacial score (nSPS) is 15.5. The number of hydrogen-bond donors (Lipinski definition) is 1. The van der Waals surface area contributed by atoms with Crippen LogP contribution in [0.25, 0.3) is 0 Å². The van der Waals surface area contributed by atoms with Crippen LogP contribution in [0.3, 0.4) is 0 Å². The average molecular weight is 291 g/mol. The van der Waals surface area contributed by atoms with Crippen molar-refractivity contribution in [1.82, 2.24) is 15.2 Å². The molecule has 118 valence electrons. The van der Waals surface area contributed by atoms with Crippen LogP contribution < -0.4 is 10.1 Å². The highest BCUT2D eigenvalue weighted by atomic mass is 16.5. The fourth-order valence-electron chi connectivity index (χ4n) is 1.91. The zero-order valence-electron chi connectivity index (χ0n) is 14.1. The van der Waals surface area contributed by atoms with Gasteiger partial charge in [-0.1, -0.05) is 6.92 Å². The lowest BCUT2D eigenvalue weighted by Crippen LogP contribution is -2.43. The van der Waals surface area contributed by atoms with E-state index in [1.165, 1.54) is 18.4 Å². The van der Waals surface area contributed by atoms with Gasteiger partial charge >= 0.3 is 0 Å². The lowest BCUT2D eigenvalue weighted by atomic mass is 10.1. The summed E-state index contributed by atoms with van der Waals surface area (Å²) in [5.41, 5.74) is 2.37. The van der Waals surface area contributed by atoms with Crippen molar-refractivity contribution in [3.05, 3.63) is 23.4 Å². The fourth-order valence-corrected chi connectivity index (χ4v) is 1.91. The number of aryl methyl sites for hydroxylation is 1. The van der Waals surface area contributed by atoms with Crippen LogP contribution in [0.1, 0.15) is 44.9 Å². The van der Waals surface area contributed by atoms with Crippen molar-refractivity contribution < 1.29 is 4.74 Å². The van der Waals surface area contributed by atoms with E-state index in [1.54, 1.807) is 0 Å². The second kappa shape index (κ2) is 6.75. The number of likely N-dealkylation sites (N-methyl/N-ethyl adjacent to an activating group) is 1. The van der Waals surface area contributed by atoms with Crippen molar-refractivity contribution in [2.24, 2.45) is 0 Å². The number of ether oxygens (including phenoxy) is 1. The third-order valence-electron chi connectivity index (χ3n) is 4.23. The number of aromatic nitrogens is 1. The molecule has 0 bridgehead atoms. The average Bonchev–Trinajstić information content (AvgIpc) is 3.27. The van der Waals surface area contributed by atoms with E-state index in [0.717, 1.165) is 30.6 Å². The van der Waals surface area contributed by atoms with Crippen LogP contribution in [0.4, 0.5) is 0 Å². The molecule has 0 saturated heterocycles. The summed E-state index contributed by atoms with van der Waals surface area (Å²) >= 11 is 0. The Labute approximate surface area is 128 Å². The van der Waals surface area contributed by atoms with Gasteiger partial charge in [-0.3, -0.25) is 0 Å². The van der Waals surface area contributed by atoms with Gasteiger partial charge in [-0.05, 0) is 58.8 Å². The standard InChI is InChI=1S/C17H29N3O/c1-6-14-9-13(11-18-15-7-8-15)10-16(19-14)21-12-17(2,3)20(4)5/h9-10,15,18H,6-8,11-12H2,1-5H3. The molecule has 4 heteroatoms. The molecule has 0 aliphatic heterocycles. The van der Waals surface area contributed by atoms with Gasteiger partial charge in [0.1, 0.15) is 6.61 Å². The predicted octanol–water partition coefficient (Wildman–Crippen LogP) is 2.62. The summed E-state index contributed by atoms with van der Waals surface area (Å²) in [5.74, 6) is 0.747. The summed E-state index contributed by atoms with van der Waals surface area (Å²) in [6.07, 6.45) is 3.56. The third kappa shape index (κ3) is 4.97. The fraction of sp³-hybridized carbons (Fsp3) is 0.706. The van der Waals surface area contributed by atoms with Gasteiger partial charge in [-0.15, -0.1) is 0 Å². The van der Waals surface area contributed by atoms with Gasteiger partial charge in [0.05, 0.1) is 0 Å². The summed E-state index contributed by atoms with van der Waals surface area (Å²) in [6, 6.07) is 4.97. The Hall–Kier alpha value is -1.13. The van der Waals surface area contributed by atoms with Crippen LogP contribution in [0.5, 0.6) is 5.88 Å². The number of nitrogens with zero attached hydrogens (tertiary/aromatic N) is 2. The molecule has 0 amide bonds. The molecule has 0 unspecified atom stereocenters. The van der Waals surface area contributed by atoms with E-state index in [0.29, 0.717) is 6.61 Å². The summed E-state index contributed by atoms with van der Waals surface area (Å²) in [7, 11) is 4.15. The third-order valence-corrected chi connectivity index (χ3v) is 4.23. The van der Waals surface area contributed by atoms with E-state index < -0.39 is 0 Å². The first-order valence-corrected chi connectivity index (χ1v) is 7.94. The van der Waals surface area contributed by atoms with E-state index in [1.807, 2.05) is 0 Å². The molecule has 0 radical (unpaired) electrons. The Morgan fingerprint density at radius 2 is 2.05 bits per heavy atom. The van der Waals surface area contributed by atoms with E-state index in [9.17, 15) is 0 Å². The van der Waals surface area contributed by atoms with E-state index >= 15 is 0 Å². The molecular formula is C17H29N3O. The lowest BCUT2D eigenvalue weighted by Gasteiger charge is -2.32. The highest BCUT2D eigenvalue weighted by molar-refractivity contribution is 5.25. The Kier molecular flexibility index (Phi) is 5.22. The summed E-state index contributed by atoms with van der Waals surface area (Å²) in [5, 5.41) is 3.55. The van der Waals surface area contributed by atoms with Crippen molar-refractivity contribution in [2.45, 2.75) is 58.2 Å². The van der Waals surface area contributed by atoms with Gasteiger partial charge in [-0.25, -0.2) is 4.98 Å². The van der Waals surface area contributed by atoms with Crippen LogP contribution in [0.2, 0.25) is 0 Å². The summed E-state index contributed by atoms with van der Waals surface area (Å²) < 4.78 is 5.96. The zero-order valence-corrected chi connectivity index (χ0v) is 14.1. The van der Waals surface area contributed by atoms with Crippen molar-refractivity contribution in [2.75, 3.05) is 20.7 Å². The first-order valence-electron chi connectivity index (χ1n) is 7.94. The van der Waals surface area contributed by atoms with Gasteiger partial charge in [-0.2, -0.15) is 0 Å². The quantitative estimate of drug-likeness (QED) is 0.799. The van der Waals surface area contributed by atoms with Crippen LogP contribution in [0, 0.1) is 0 Å². The molecule has 0 atom stereocenters. The van der Waals surface area contributed by atoms with Crippen molar-refractivity contribution in [3.8, 4) is 5.88 Å². The molecule has 1 aliphatic rings. The smallest absolute Gasteiger partial charge is 0.213 e. The molecule has 1 N–H and O–H groups in total. The maximum absolute atomic E-state index is 5.96. The monoisotopic (exact) mass is 291 g/mol. The highest BCUT2D eigenvalue weighted by Gasteiger charge is 2.22. The number of nitrogens with one attached hydrogen (secondary N) is 1. The SMILES string of the molecule is CCc1cc(CNC2CC2)cc(OCC(C)(C)N(C)C)n1. The zero-order chi connectivity index (χ0) is 15.5. The number of rotatable bonds is 8. The first kappa shape index (κ1) is 16.2. The van der Waals surface area contributed by atoms with Gasteiger partial charge in [0.15, 0.2) is 0 Å². The molecule has 1 fully saturated rings. The Morgan fingerprint density at radius 3 is 2.62 bits per heavy atom. The van der Waals surface area contributed by atoms with E-state index in [2.05, 4.69) is 62.2 Å².